The normalized spacial score (nSPS) is 23.5. The molecule has 1 saturated carbocycles. The van der Waals surface area contributed by atoms with E-state index < -0.39 is 11.4 Å². The number of benzene rings is 1. The molecule has 1 saturated heterocycles. The summed E-state index contributed by atoms with van der Waals surface area (Å²) in [5.74, 6) is -0.603. The molecule has 1 aliphatic heterocycles. The molecule has 6 nitrogen and oxygen atoms in total. The zero-order valence-electron chi connectivity index (χ0n) is 13.9. The van der Waals surface area contributed by atoms with Crippen molar-refractivity contribution in [2.45, 2.75) is 44.4 Å². The van der Waals surface area contributed by atoms with E-state index in [4.69, 9.17) is 4.74 Å². The van der Waals surface area contributed by atoms with Crippen molar-refractivity contribution in [3.8, 4) is 0 Å². The van der Waals surface area contributed by atoms with Gasteiger partial charge in [-0.2, -0.15) is 0 Å². The lowest BCUT2D eigenvalue weighted by molar-refractivity contribution is -0.150. The van der Waals surface area contributed by atoms with Crippen molar-refractivity contribution in [1.29, 1.82) is 0 Å². The summed E-state index contributed by atoms with van der Waals surface area (Å²) >= 11 is 0. The fourth-order valence-electron chi connectivity index (χ4n) is 3.89. The highest BCUT2D eigenvalue weighted by Crippen LogP contribution is 2.28. The van der Waals surface area contributed by atoms with Crippen molar-refractivity contribution in [3.05, 3.63) is 40.7 Å². The first-order valence-corrected chi connectivity index (χ1v) is 8.69. The highest BCUT2D eigenvalue weighted by molar-refractivity contribution is 5.79. The molecule has 0 unspecified atom stereocenters. The molecule has 1 amide bonds. The van der Waals surface area contributed by atoms with Gasteiger partial charge in [0.25, 0.3) is 5.56 Å². The summed E-state index contributed by atoms with van der Waals surface area (Å²) in [5, 5.41) is 0.188. The number of carbonyl (C=O) groups is 1. The van der Waals surface area contributed by atoms with Gasteiger partial charge in [-0.3, -0.25) is 14.2 Å². The van der Waals surface area contributed by atoms with E-state index >= 15 is 0 Å². The second-order valence-corrected chi connectivity index (χ2v) is 6.69. The first-order chi connectivity index (χ1) is 12.1. The highest BCUT2D eigenvalue weighted by atomic mass is 19.1. The second kappa shape index (κ2) is 6.55. The van der Waals surface area contributed by atoms with E-state index in [0.29, 0.717) is 18.7 Å². The number of rotatable bonds is 2. The molecular formula is C18H20FN3O3. The molecule has 2 heterocycles. The number of nitrogens with zero attached hydrogens (tertiary/aromatic N) is 3. The lowest BCUT2D eigenvalue weighted by Gasteiger charge is -2.43. The fraction of sp³-hybridized carbons (Fsp3) is 0.500. The van der Waals surface area contributed by atoms with Crippen molar-refractivity contribution in [2.75, 3.05) is 13.2 Å². The largest absolute Gasteiger partial charge is 0.374 e. The number of hydrogen-bond acceptors (Lipinski definition) is 4. The Morgan fingerprint density at radius 1 is 1.32 bits per heavy atom. The molecule has 2 atom stereocenters. The average Bonchev–Trinajstić information content (AvgIpc) is 2.64. The van der Waals surface area contributed by atoms with Crippen LogP contribution in [0.2, 0.25) is 0 Å². The van der Waals surface area contributed by atoms with E-state index in [1.54, 1.807) is 0 Å². The van der Waals surface area contributed by atoms with E-state index in [1.807, 2.05) is 4.90 Å². The van der Waals surface area contributed by atoms with Crippen molar-refractivity contribution in [2.24, 2.45) is 0 Å². The van der Waals surface area contributed by atoms with Gasteiger partial charge >= 0.3 is 0 Å². The molecule has 1 aromatic carbocycles. The van der Waals surface area contributed by atoms with Crippen molar-refractivity contribution in [1.82, 2.24) is 14.5 Å². The molecule has 25 heavy (non-hydrogen) atoms. The Labute approximate surface area is 144 Å². The van der Waals surface area contributed by atoms with Gasteiger partial charge in [0.05, 0.1) is 36.0 Å². The topological polar surface area (TPSA) is 64.4 Å². The van der Waals surface area contributed by atoms with Gasteiger partial charge in [0, 0.05) is 6.54 Å². The van der Waals surface area contributed by atoms with Crippen LogP contribution in [0.15, 0.2) is 29.3 Å². The molecule has 1 aliphatic carbocycles. The van der Waals surface area contributed by atoms with Crippen molar-refractivity contribution >= 4 is 16.8 Å². The summed E-state index contributed by atoms with van der Waals surface area (Å²) in [7, 11) is 0. The van der Waals surface area contributed by atoms with Gasteiger partial charge in [-0.1, -0.05) is 12.8 Å². The minimum absolute atomic E-state index is 0.0818. The summed E-state index contributed by atoms with van der Waals surface area (Å²) < 4.78 is 20.5. The van der Waals surface area contributed by atoms with Crippen LogP contribution in [0.25, 0.3) is 10.9 Å². The van der Waals surface area contributed by atoms with Crippen LogP contribution >= 0.6 is 0 Å². The van der Waals surface area contributed by atoms with Crippen LogP contribution in [0, 0.1) is 5.82 Å². The number of fused-ring (bicyclic) bond motifs is 2. The van der Waals surface area contributed by atoms with Crippen LogP contribution in [-0.4, -0.2) is 45.7 Å². The number of ether oxygens (including phenoxy) is 1. The van der Waals surface area contributed by atoms with Crippen LogP contribution in [0.3, 0.4) is 0 Å². The average molecular weight is 345 g/mol. The Kier molecular flexibility index (Phi) is 4.25. The van der Waals surface area contributed by atoms with E-state index in [1.165, 1.54) is 23.0 Å². The number of amides is 1. The lowest BCUT2D eigenvalue weighted by atomic mass is 9.90. The fourth-order valence-corrected chi connectivity index (χ4v) is 3.89. The first kappa shape index (κ1) is 16.2. The SMILES string of the molecule is O=C(Cn1cnc2ccc(F)cc2c1=O)N1CCO[C@H]2CCCC[C@@H]21. The number of hydrogen-bond donors (Lipinski definition) is 0. The quantitative estimate of drug-likeness (QED) is 0.831. The van der Waals surface area contributed by atoms with E-state index in [-0.39, 0.29) is 30.0 Å². The predicted octanol–water partition coefficient (Wildman–Crippen LogP) is 1.71. The van der Waals surface area contributed by atoms with Gasteiger partial charge in [-0.25, -0.2) is 9.37 Å². The molecule has 0 radical (unpaired) electrons. The summed E-state index contributed by atoms with van der Waals surface area (Å²) in [6.07, 6.45) is 5.59. The van der Waals surface area contributed by atoms with Gasteiger partial charge in [-0.15, -0.1) is 0 Å². The van der Waals surface area contributed by atoms with Gasteiger partial charge in [0.1, 0.15) is 12.4 Å². The Morgan fingerprint density at radius 3 is 3.04 bits per heavy atom. The third kappa shape index (κ3) is 3.04. The molecule has 4 rings (SSSR count). The zero-order chi connectivity index (χ0) is 17.4. The lowest BCUT2D eigenvalue weighted by Crippen LogP contribution is -2.55. The van der Waals surface area contributed by atoms with Crippen LogP contribution in [0.4, 0.5) is 4.39 Å². The van der Waals surface area contributed by atoms with Crippen LogP contribution in [0.5, 0.6) is 0 Å². The predicted molar refractivity (Wildman–Crippen MR) is 89.7 cm³/mol. The summed E-state index contributed by atoms with van der Waals surface area (Å²) in [4.78, 5) is 31.3. The Morgan fingerprint density at radius 2 is 2.16 bits per heavy atom. The van der Waals surface area contributed by atoms with Gasteiger partial charge in [-0.05, 0) is 31.0 Å². The van der Waals surface area contributed by atoms with Crippen LogP contribution in [0.1, 0.15) is 25.7 Å². The summed E-state index contributed by atoms with van der Waals surface area (Å²) in [6, 6.07) is 3.99. The van der Waals surface area contributed by atoms with Gasteiger partial charge in [0.15, 0.2) is 0 Å². The molecule has 0 spiro atoms. The maximum Gasteiger partial charge on any atom is 0.261 e. The maximum absolute atomic E-state index is 13.4. The third-order valence-corrected chi connectivity index (χ3v) is 5.14. The number of halogens is 1. The molecule has 1 aromatic heterocycles. The Bertz CT molecular complexity index is 864. The minimum atomic E-state index is -0.492. The molecule has 0 N–H and O–H groups in total. The number of aromatic nitrogens is 2. The van der Waals surface area contributed by atoms with Gasteiger partial charge < -0.3 is 9.64 Å². The van der Waals surface area contributed by atoms with Crippen molar-refractivity contribution < 1.29 is 13.9 Å². The van der Waals surface area contributed by atoms with E-state index in [0.717, 1.165) is 31.7 Å². The number of morpholine rings is 1. The van der Waals surface area contributed by atoms with Gasteiger partial charge in [0.2, 0.25) is 5.91 Å². The molecule has 2 aliphatic rings. The molecule has 132 valence electrons. The van der Waals surface area contributed by atoms with Crippen LogP contribution in [-0.2, 0) is 16.1 Å². The van der Waals surface area contributed by atoms with Crippen LogP contribution < -0.4 is 5.56 Å². The van der Waals surface area contributed by atoms with E-state index in [2.05, 4.69) is 4.98 Å². The molecule has 0 bridgehead atoms. The summed E-state index contributed by atoms with van der Waals surface area (Å²) in [6.45, 7) is 0.995. The monoisotopic (exact) mass is 345 g/mol. The molecule has 7 heteroatoms. The molecule has 2 fully saturated rings. The zero-order valence-corrected chi connectivity index (χ0v) is 13.9. The van der Waals surface area contributed by atoms with E-state index in [9.17, 15) is 14.0 Å². The third-order valence-electron chi connectivity index (χ3n) is 5.14. The maximum atomic E-state index is 13.4. The first-order valence-electron chi connectivity index (χ1n) is 8.69. The Hall–Kier alpha value is -2.28. The minimum Gasteiger partial charge on any atom is -0.374 e. The second-order valence-electron chi connectivity index (χ2n) is 6.69. The number of carbonyl (C=O) groups excluding carboxylic acids is 1. The molecular weight excluding hydrogens is 325 g/mol. The molecule has 2 aromatic rings. The smallest absolute Gasteiger partial charge is 0.261 e. The standard InChI is InChI=1S/C18H20FN3O3/c19-12-5-6-14-13(9-12)18(24)21(11-20-14)10-17(23)22-7-8-25-16-4-2-1-3-15(16)22/h5-6,9,11,15-16H,1-4,7-8,10H2/t15-,16-/m0/s1. The summed E-state index contributed by atoms with van der Waals surface area (Å²) in [5.41, 5.74) is 0.0279. The van der Waals surface area contributed by atoms with Crippen molar-refractivity contribution in [3.63, 3.8) is 0 Å². The Balaban J connectivity index is 1.59. The highest BCUT2D eigenvalue weighted by Gasteiger charge is 2.36.